The van der Waals surface area contributed by atoms with Crippen LogP contribution in [0.5, 0.6) is 0 Å². The predicted octanol–water partition coefficient (Wildman–Crippen LogP) is 4.53. The van der Waals surface area contributed by atoms with E-state index >= 15 is 0 Å². The zero-order valence-corrected chi connectivity index (χ0v) is 13.3. The van der Waals surface area contributed by atoms with Crippen LogP contribution in [0.15, 0.2) is 22.7 Å². The van der Waals surface area contributed by atoms with Gasteiger partial charge >= 0.3 is 0 Å². The van der Waals surface area contributed by atoms with Gasteiger partial charge in [0.1, 0.15) is 0 Å². The van der Waals surface area contributed by atoms with Crippen molar-refractivity contribution >= 4 is 27.5 Å². The monoisotopic (exact) mass is 317 g/mol. The van der Waals surface area contributed by atoms with Gasteiger partial charge in [-0.05, 0) is 42.5 Å². The molecule has 0 saturated heterocycles. The Balaban J connectivity index is 2.93. The Morgan fingerprint density at radius 2 is 2.06 bits per heavy atom. The van der Waals surface area contributed by atoms with Crippen molar-refractivity contribution in [3.05, 3.63) is 33.3 Å². The predicted molar refractivity (Wildman–Crippen MR) is 79.7 cm³/mol. The summed E-state index contributed by atoms with van der Waals surface area (Å²) in [6, 6.07) is 6.14. The van der Waals surface area contributed by atoms with E-state index in [0.29, 0.717) is 5.92 Å². The van der Waals surface area contributed by atoms with Crippen molar-refractivity contribution in [2.75, 3.05) is 13.6 Å². The molecular weight excluding hydrogens is 298 g/mol. The summed E-state index contributed by atoms with van der Waals surface area (Å²) in [5.41, 5.74) is 1.45. The van der Waals surface area contributed by atoms with Crippen LogP contribution in [0, 0.1) is 11.3 Å². The molecule has 0 aromatic heterocycles. The van der Waals surface area contributed by atoms with E-state index in [1.54, 1.807) is 0 Å². The molecule has 0 aliphatic carbocycles. The van der Waals surface area contributed by atoms with Crippen LogP contribution in [0.1, 0.15) is 26.3 Å². The van der Waals surface area contributed by atoms with Gasteiger partial charge in [0.2, 0.25) is 0 Å². The number of hydrogen-bond donors (Lipinski definition) is 1. The molecule has 0 bridgehead atoms. The summed E-state index contributed by atoms with van der Waals surface area (Å²) in [5, 5.41) is 4.14. The zero-order chi connectivity index (χ0) is 13.1. The van der Waals surface area contributed by atoms with E-state index in [4.69, 9.17) is 11.6 Å². The van der Waals surface area contributed by atoms with E-state index in [9.17, 15) is 0 Å². The molecule has 0 spiro atoms. The molecule has 96 valence electrons. The molecule has 0 aliphatic rings. The van der Waals surface area contributed by atoms with Crippen molar-refractivity contribution in [1.82, 2.24) is 5.32 Å². The first-order valence-corrected chi connectivity index (χ1v) is 7.14. The van der Waals surface area contributed by atoms with Crippen molar-refractivity contribution in [1.29, 1.82) is 0 Å². The van der Waals surface area contributed by atoms with E-state index in [2.05, 4.69) is 54.2 Å². The fraction of sp³-hybridized carbons (Fsp3) is 0.571. The summed E-state index contributed by atoms with van der Waals surface area (Å²) in [7, 11) is 2.00. The average Bonchev–Trinajstić information content (AvgIpc) is 2.22. The van der Waals surface area contributed by atoms with Crippen molar-refractivity contribution in [2.24, 2.45) is 11.3 Å². The molecule has 0 aliphatic heterocycles. The Hall–Kier alpha value is -0.0500. The maximum atomic E-state index is 6.29. The fourth-order valence-electron chi connectivity index (χ4n) is 1.97. The van der Waals surface area contributed by atoms with Gasteiger partial charge in [-0.3, -0.25) is 0 Å². The topological polar surface area (TPSA) is 12.0 Å². The number of benzene rings is 1. The van der Waals surface area contributed by atoms with Gasteiger partial charge in [0.25, 0.3) is 0 Å². The number of hydrogen-bond acceptors (Lipinski definition) is 1. The van der Waals surface area contributed by atoms with Crippen LogP contribution in [-0.2, 0) is 6.42 Å². The van der Waals surface area contributed by atoms with Crippen LogP contribution >= 0.6 is 27.5 Å². The summed E-state index contributed by atoms with van der Waals surface area (Å²) < 4.78 is 1.03. The fourth-order valence-corrected chi connectivity index (χ4v) is 2.71. The highest BCUT2D eigenvalue weighted by Gasteiger charge is 2.28. The van der Waals surface area contributed by atoms with Gasteiger partial charge in [-0.2, -0.15) is 0 Å². The molecular formula is C14H21BrClN. The highest BCUT2D eigenvalue weighted by molar-refractivity contribution is 9.10. The van der Waals surface area contributed by atoms with Crippen molar-refractivity contribution in [3.8, 4) is 0 Å². The first-order chi connectivity index (χ1) is 7.89. The largest absolute Gasteiger partial charge is 0.319 e. The second kappa shape index (κ2) is 6.21. The lowest BCUT2D eigenvalue weighted by Crippen LogP contribution is -2.36. The molecule has 1 aromatic rings. The quantitative estimate of drug-likeness (QED) is 0.841. The highest BCUT2D eigenvalue weighted by atomic mass is 79.9. The van der Waals surface area contributed by atoms with E-state index in [-0.39, 0.29) is 5.41 Å². The van der Waals surface area contributed by atoms with Gasteiger partial charge in [-0.15, -0.1) is 0 Å². The van der Waals surface area contributed by atoms with Crippen LogP contribution < -0.4 is 5.32 Å². The Morgan fingerprint density at radius 3 is 2.53 bits per heavy atom. The summed E-state index contributed by atoms with van der Waals surface area (Å²) in [5.74, 6) is 0.606. The SMILES string of the molecule is CNCC(C)(Cc1ccc(Br)cc1Cl)C(C)C. The molecule has 0 radical (unpaired) electrons. The Bertz CT molecular complexity index is 378. The number of nitrogens with one attached hydrogen (secondary N) is 1. The lowest BCUT2D eigenvalue weighted by molar-refractivity contribution is 0.212. The second-order valence-electron chi connectivity index (χ2n) is 5.25. The Kier molecular flexibility index (Phi) is 5.49. The standard InChI is InChI=1S/C14H21BrClN/c1-10(2)14(3,9-17-4)8-11-5-6-12(15)7-13(11)16/h5-7,10,17H,8-9H2,1-4H3. The smallest absolute Gasteiger partial charge is 0.0449 e. The molecule has 1 atom stereocenters. The molecule has 0 amide bonds. The maximum absolute atomic E-state index is 6.29. The van der Waals surface area contributed by atoms with Crippen LogP contribution in [0.2, 0.25) is 5.02 Å². The van der Waals surface area contributed by atoms with E-state index < -0.39 is 0 Å². The minimum absolute atomic E-state index is 0.228. The summed E-state index contributed by atoms with van der Waals surface area (Å²) in [6.45, 7) is 7.85. The van der Waals surface area contributed by atoms with Crippen LogP contribution in [0.4, 0.5) is 0 Å². The Morgan fingerprint density at radius 1 is 1.41 bits per heavy atom. The van der Waals surface area contributed by atoms with E-state index in [1.807, 2.05) is 13.1 Å². The lowest BCUT2D eigenvalue weighted by atomic mass is 9.74. The molecule has 0 heterocycles. The molecule has 1 rings (SSSR count). The molecule has 1 aromatic carbocycles. The highest BCUT2D eigenvalue weighted by Crippen LogP contribution is 2.33. The third kappa shape index (κ3) is 3.97. The van der Waals surface area contributed by atoms with Crippen LogP contribution in [0.25, 0.3) is 0 Å². The lowest BCUT2D eigenvalue weighted by Gasteiger charge is -2.34. The van der Waals surface area contributed by atoms with Crippen LogP contribution in [0.3, 0.4) is 0 Å². The van der Waals surface area contributed by atoms with Gasteiger partial charge in [-0.1, -0.05) is 54.4 Å². The first kappa shape index (κ1) is 15.0. The van der Waals surface area contributed by atoms with Crippen LogP contribution in [-0.4, -0.2) is 13.6 Å². The molecule has 1 unspecified atom stereocenters. The molecule has 17 heavy (non-hydrogen) atoms. The average molecular weight is 319 g/mol. The summed E-state index contributed by atoms with van der Waals surface area (Å²) >= 11 is 9.73. The van der Waals surface area contributed by atoms with Gasteiger partial charge < -0.3 is 5.32 Å². The van der Waals surface area contributed by atoms with Crippen molar-refractivity contribution in [2.45, 2.75) is 27.2 Å². The summed E-state index contributed by atoms with van der Waals surface area (Å²) in [4.78, 5) is 0. The van der Waals surface area contributed by atoms with E-state index in [0.717, 1.165) is 22.5 Å². The van der Waals surface area contributed by atoms with Gasteiger partial charge in [-0.25, -0.2) is 0 Å². The molecule has 3 heteroatoms. The summed E-state index contributed by atoms with van der Waals surface area (Å²) in [6.07, 6.45) is 0.998. The molecule has 0 saturated carbocycles. The van der Waals surface area contributed by atoms with Gasteiger partial charge in [0.15, 0.2) is 0 Å². The third-order valence-corrected chi connectivity index (χ3v) is 4.43. The van der Waals surface area contributed by atoms with Crippen molar-refractivity contribution in [3.63, 3.8) is 0 Å². The third-order valence-electron chi connectivity index (χ3n) is 3.58. The van der Waals surface area contributed by atoms with E-state index in [1.165, 1.54) is 5.56 Å². The minimum Gasteiger partial charge on any atom is -0.319 e. The number of rotatable bonds is 5. The van der Waals surface area contributed by atoms with Gasteiger partial charge in [0.05, 0.1) is 0 Å². The van der Waals surface area contributed by atoms with Gasteiger partial charge in [0, 0.05) is 16.0 Å². The molecule has 1 N–H and O–H groups in total. The first-order valence-electron chi connectivity index (χ1n) is 5.97. The molecule has 1 nitrogen and oxygen atoms in total. The molecule has 0 fully saturated rings. The normalized spacial score (nSPS) is 15.0. The van der Waals surface area contributed by atoms with Crippen molar-refractivity contribution < 1.29 is 0 Å². The Labute approximate surface area is 118 Å². The number of halogens is 2. The minimum atomic E-state index is 0.228. The zero-order valence-electron chi connectivity index (χ0n) is 11.0. The maximum Gasteiger partial charge on any atom is 0.0449 e. The second-order valence-corrected chi connectivity index (χ2v) is 6.57.